The molecule has 0 atom stereocenters. The van der Waals surface area contributed by atoms with Crippen LogP contribution in [-0.2, 0) is 0 Å². The zero-order valence-electron chi connectivity index (χ0n) is 12.8. The van der Waals surface area contributed by atoms with Gasteiger partial charge in [0, 0.05) is 5.56 Å². The molecule has 0 fully saturated rings. The van der Waals surface area contributed by atoms with Crippen molar-refractivity contribution in [2.45, 2.75) is 58.8 Å². The summed E-state index contributed by atoms with van der Waals surface area (Å²) in [7, 11) is 0. The van der Waals surface area contributed by atoms with E-state index < -0.39 is 0 Å². The molecule has 0 aliphatic rings. The van der Waals surface area contributed by atoms with Crippen molar-refractivity contribution in [2.75, 3.05) is 6.61 Å². The minimum absolute atomic E-state index is 0.422. The van der Waals surface area contributed by atoms with Crippen molar-refractivity contribution < 1.29 is 4.74 Å². The van der Waals surface area contributed by atoms with Gasteiger partial charge in [-0.3, -0.25) is 0 Å². The van der Waals surface area contributed by atoms with Crippen LogP contribution < -0.4 is 10.5 Å². The van der Waals surface area contributed by atoms with Crippen LogP contribution >= 0.6 is 12.2 Å². The average Bonchev–Trinajstić information content (AvgIpc) is 2.43. The summed E-state index contributed by atoms with van der Waals surface area (Å²) in [5.41, 5.74) is 7.65. The fraction of sp³-hybridized carbons (Fsp3) is 0.588. The molecular weight excluding hydrogens is 266 g/mol. The molecule has 1 aromatic carbocycles. The Labute approximate surface area is 128 Å². The molecule has 2 nitrogen and oxygen atoms in total. The second-order valence-electron chi connectivity index (χ2n) is 5.31. The van der Waals surface area contributed by atoms with Crippen molar-refractivity contribution in [1.29, 1.82) is 0 Å². The summed E-state index contributed by atoms with van der Waals surface area (Å²) in [6.07, 6.45) is 9.06. The first kappa shape index (κ1) is 17.0. The van der Waals surface area contributed by atoms with Crippen LogP contribution in [0.25, 0.3) is 0 Å². The fourth-order valence-electron chi connectivity index (χ4n) is 2.15. The monoisotopic (exact) mass is 293 g/mol. The lowest BCUT2D eigenvalue weighted by Gasteiger charge is -2.10. The molecule has 0 unspecified atom stereocenters. The van der Waals surface area contributed by atoms with Crippen molar-refractivity contribution in [2.24, 2.45) is 5.73 Å². The third kappa shape index (κ3) is 6.38. The lowest BCUT2D eigenvalue weighted by molar-refractivity contribution is 0.302. The predicted molar refractivity (Wildman–Crippen MR) is 90.6 cm³/mol. The Hall–Kier alpha value is -1.09. The van der Waals surface area contributed by atoms with Crippen molar-refractivity contribution in [1.82, 2.24) is 0 Å². The van der Waals surface area contributed by atoms with Crippen molar-refractivity contribution in [3.63, 3.8) is 0 Å². The van der Waals surface area contributed by atoms with E-state index in [4.69, 9.17) is 22.7 Å². The first-order valence-corrected chi connectivity index (χ1v) is 8.09. The summed E-state index contributed by atoms with van der Waals surface area (Å²) in [6.45, 7) is 5.07. The maximum Gasteiger partial charge on any atom is 0.122 e. The number of unbranched alkanes of at least 4 members (excludes halogenated alkanes) is 6. The van der Waals surface area contributed by atoms with E-state index in [1.807, 2.05) is 25.1 Å². The molecule has 0 aromatic heterocycles. The van der Waals surface area contributed by atoms with Crippen LogP contribution in [0, 0.1) is 6.92 Å². The number of ether oxygens (including phenoxy) is 1. The van der Waals surface area contributed by atoms with Crippen molar-refractivity contribution in [3.05, 3.63) is 29.3 Å². The fourth-order valence-corrected chi connectivity index (χ4v) is 2.28. The van der Waals surface area contributed by atoms with E-state index in [1.165, 1.54) is 38.5 Å². The van der Waals surface area contributed by atoms with Crippen LogP contribution in [0.2, 0.25) is 0 Å². The smallest absolute Gasteiger partial charge is 0.122 e. The number of hydrogen-bond donors (Lipinski definition) is 1. The van der Waals surface area contributed by atoms with E-state index in [0.29, 0.717) is 4.99 Å². The Morgan fingerprint density at radius 3 is 2.40 bits per heavy atom. The minimum atomic E-state index is 0.422. The normalized spacial score (nSPS) is 10.5. The van der Waals surface area contributed by atoms with Crippen LogP contribution in [0.15, 0.2) is 18.2 Å². The standard InChI is InChI=1S/C17H27NOS/c1-3-4-5-6-7-8-9-12-19-16-13-15(17(18)20)11-10-14(16)2/h10-11,13H,3-9,12H2,1-2H3,(H2,18,20). The molecule has 0 aliphatic carbocycles. The highest BCUT2D eigenvalue weighted by atomic mass is 32.1. The molecule has 3 heteroatoms. The Bertz CT molecular complexity index is 417. The van der Waals surface area contributed by atoms with Gasteiger partial charge in [0.05, 0.1) is 6.61 Å². The van der Waals surface area contributed by atoms with E-state index in [0.717, 1.165) is 29.9 Å². The summed E-state index contributed by atoms with van der Waals surface area (Å²) in [4.78, 5) is 0.422. The average molecular weight is 293 g/mol. The molecule has 112 valence electrons. The van der Waals surface area contributed by atoms with Crippen LogP contribution in [0.1, 0.15) is 63.0 Å². The third-order valence-electron chi connectivity index (χ3n) is 3.48. The first-order chi connectivity index (χ1) is 9.65. The molecule has 1 rings (SSSR count). The van der Waals surface area contributed by atoms with E-state index in [9.17, 15) is 0 Å². The molecule has 0 radical (unpaired) electrons. The second kappa shape index (κ2) is 9.76. The molecule has 0 spiro atoms. The lowest BCUT2D eigenvalue weighted by Crippen LogP contribution is -2.10. The highest BCUT2D eigenvalue weighted by Crippen LogP contribution is 2.20. The largest absolute Gasteiger partial charge is 0.493 e. The number of nitrogens with two attached hydrogens (primary N) is 1. The maximum atomic E-state index is 5.84. The van der Waals surface area contributed by atoms with Gasteiger partial charge in [0.2, 0.25) is 0 Å². The first-order valence-electron chi connectivity index (χ1n) is 7.68. The zero-order chi connectivity index (χ0) is 14.8. The van der Waals surface area contributed by atoms with E-state index >= 15 is 0 Å². The second-order valence-corrected chi connectivity index (χ2v) is 5.75. The summed E-state index contributed by atoms with van der Waals surface area (Å²) < 4.78 is 5.84. The van der Waals surface area contributed by atoms with Gasteiger partial charge in [0.1, 0.15) is 10.7 Å². The third-order valence-corrected chi connectivity index (χ3v) is 3.71. The molecule has 2 N–H and O–H groups in total. The predicted octanol–water partition coefficient (Wildman–Crippen LogP) is 4.76. The van der Waals surface area contributed by atoms with Gasteiger partial charge in [-0.15, -0.1) is 0 Å². The summed E-state index contributed by atoms with van der Waals surface area (Å²) in [5.74, 6) is 0.904. The zero-order valence-corrected chi connectivity index (χ0v) is 13.6. The van der Waals surface area contributed by atoms with E-state index in [1.54, 1.807) is 0 Å². The van der Waals surface area contributed by atoms with E-state index in [-0.39, 0.29) is 0 Å². The number of aryl methyl sites for hydroxylation is 1. The van der Waals surface area contributed by atoms with Crippen molar-refractivity contribution in [3.8, 4) is 5.75 Å². The molecule has 0 saturated carbocycles. The summed E-state index contributed by atoms with van der Waals surface area (Å²) >= 11 is 4.99. The highest BCUT2D eigenvalue weighted by Gasteiger charge is 2.03. The topological polar surface area (TPSA) is 35.2 Å². The van der Waals surface area contributed by atoms with Crippen LogP contribution in [0.4, 0.5) is 0 Å². The van der Waals surface area contributed by atoms with Gasteiger partial charge in [-0.05, 0) is 25.0 Å². The minimum Gasteiger partial charge on any atom is -0.493 e. The number of rotatable bonds is 10. The summed E-state index contributed by atoms with van der Waals surface area (Å²) in [5, 5.41) is 0. The molecule has 0 amide bonds. The van der Waals surface area contributed by atoms with Crippen LogP contribution in [0.3, 0.4) is 0 Å². The number of hydrogen-bond acceptors (Lipinski definition) is 2. The Morgan fingerprint density at radius 1 is 1.10 bits per heavy atom. The van der Waals surface area contributed by atoms with Crippen LogP contribution in [0.5, 0.6) is 5.75 Å². The molecular formula is C17H27NOS. The Kier molecular flexibility index (Phi) is 8.28. The molecule has 1 aromatic rings. The highest BCUT2D eigenvalue weighted by molar-refractivity contribution is 7.80. The van der Waals surface area contributed by atoms with E-state index in [2.05, 4.69) is 6.92 Å². The van der Waals surface area contributed by atoms with Gasteiger partial charge in [0.25, 0.3) is 0 Å². The molecule has 0 saturated heterocycles. The Balaban J connectivity index is 2.24. The molecule has 0 bridgehead atoms. The SMILES string of the molecule is CCCCCCCCCOc1cc(C(N)=S)ccc1C. The van der Waals surface area contributed by atoms with Gasteiger partial charge >= 0.3 is 0 Å². The lowest BCUT2D eigenvalue weighted by atomic mass is 10.1. The maximum absolute atomic E-state index is 5.84. The number of benzene rings is 1. The van der Waals surface area contributed by atoms with Gasteiger partial charge in [-0.1, -0.05) is 69.8 Å². The van der Waals surface area contributed by atoms with Gasteiger partial charge in [-0.2, -0.15) is 0 Å². The Morgan fingerprint density at radius 2 is 1.75 bits per heavy atom. The molecule has 0 heterocycles. The quantitative estimate of drug-likeness (QED) is 0.499. The van der Waals surface area contributed by atoms with Gasteiger partial charge < -0.3 is 10.5 Å². The van der Waals surface area contributed by atoms with Gasteiger partial charge in [-0.25, -0.2) is 0 Å². The molecule has 0 aliphatic heterocycles. The van der Waals surface area contributed by atoms with Crippen molar-refractivity contribution >= 4 is 17.2 Å². The number of thiocarbonyl (C=S) groups is 1. The molecule has 20 heavy (non-hydrogen) atoms. The van der Waals surface area contributed by atoms with Crippen LogP contribution in [-0.4, -0.2) is 11.6 Å². The summed E-state index contributed by atoms with van der Waals surface area (Å²) in [6, 6.07) is 5.89. The van der Waals surface area contributed by atoms with Gasteiger partial charge in [0.15, 0.2) is 0 Å².